The van der Waals surface area contributed by atoms with Crippen molar-refractivity contribution < 1.29 is 9.53 Å². The van der Waals surface area contributed by atoms with E-state index < -0.39 is 0 Å². The van der Waals surface area contributed by atoms with Gasteiger partial charge in [-0.3, -0.25) is 9.79 Å². The van der Waals surface area contributed by atoms with Gasteiger partial charge in [0.05, 0.1) is 23.0 Å². The molecule has 0 saturated carbocycles. The predicted octanol–water partition coefficient (Wildman–Crippen LogP) is 2.48. The summed E-state index contributed by atoms with van der Waals surface area (Å²) in [5.41, 5.74) is 1.13. The van der Waals surface area contributed by atoms with E-state index in [0.717, 1.165) is 18.0 Å². The van der Waals surface area contributed by atoms with Gasteiger partial charge in [-0.05, 0) is 18.9 Å². The average molecular weight is 277 g/mol. The van der Waals surface area contributed by atoms with Crippen LogP contribution in [0.1, 0.15) is 13.8 Å². The van der Waals surface area contributed by atoms with Crippen LogP contribution in [0.5, 0.6) is 0 Å². The molecular weight excluding hydrogens is 258 g/mol. The maximum atomic E-state index is 12.2. The minimum absolute atomic E-state index is 0.00148. The zero-order chi connectivity index (χ0) is 13.5. The number of aliphatic imine (C=N–C) groups is 1. The van der Waals surface area contributed by atoms with Crippen LogP contribution in [0.15, 0.2) is 29.3 Å². The Balaban J connectivity index is 1.97. The first-order valence-corrected chi connectivity index (χ1v) is 7.89. The second kappa shape index (κ2) is 4.82. The molecule has 0 aromatic heterocycles. The van der Waals surface area contributed by atoms with E-state index in [2.05, 4.69) is 25.2 Å². The Morgan fingerprint density at radius 3 is 3.21 bits per heavy atom. The molecule has 0 N–H and O–H groups in total. The third kappa shape index (κ3) is 1.88. The van der Waals surface area contributed by atoms with Gasteiger partial charge in [0.1, 0.15) is 0 Å². The predicted molar refractivity (Wildman–Crippen MR) is 78.5 cm³/mol. The Labute approximate surface area is 118 Å². The summed E-state index contributed by atoms with van der Waals surface area (Å²) in [7, 11) is 0. The summed E-state index contributed by atoms with van der Waals surface area (Å²) in [6.45, 7) is 5.36. The monoisotopic (exact) mass is 277 g/mol. The molecule has 0 amide bonds. The van der Waals surface area contributed by atoms with E-state index in [1.807, 2.05) is 24.8 Å². The van der Waals surface area contributed by atoms with Crippen LogP contribution in [-0.2, 0) is 9.53 Å². The fraction of sp³-hybridized carbons (Fsp3) is 0.600. The molecule has 0 aromatic rings. The Bertz CT molecular complexity index is 483. The van der Waals surface area contributed by atoms with Crippen LogP contribution in [0.25, 0.3) is 0 Å². The molecule has 2 aliphatic heterocycles. The fourth-order valence-electron chi connectivity index (χ4n) is 3.51. The standard InChI is InChI=1S/C15H19NO2S/c1-3-18-14(17)11-9-19-15-7-5-4-6-12(15)16-8-10(2)13(11)15/h4-7,10-11,13H,3,8-9H2,1-2H3. The van der Waals surface area contributed by atoms with Gasteiger partial charge in [0.25, 0.3) is 0 Å². The minimum Gasteiger partial charge on any atom is -0.466 e. The van der Waals surface area contributed by atoms with E-state index in [1.54, 1.807) is 0 Å². The Hall–Kier alpha value is -1.03. The van der Waals surface area contributed by atoms with E-state index in [9.17, 15) is 4.79 Å². The van der Waals surface area contributed by atoms with Crippen molar-refractivity contribution in [1.29, 1.82) is 0 Å². The summed E-state index contributed by atoms with van der Waals surface area (Å²) >= 11 is 1.85. The van der Waals surface area contributed by atoms with Gasteiger partial charge in [0.15, 0.2) is 0 Å². The molecule has 4 unspecified atom stereocenters. The van der Waals surface area contributed by atoms with E-state index in [0.29, 0.717) is 18.4 Å². The second-order valence-electron chi connectivity index (χ2n) is 5.41. The van der Waals surface area contributed by atoms with Gasteiger partial charge in [-0.25, -0.2) is 0 Å². The van der Waals surface area contributed by atoms with Crippen molar-refractivity contribution in [3.8, 4) is 0 Å². The molecule has 0 aromatic carbocycles. The Kier molecular flexibility index (Phi) is 3.29. The topological polar surface area (TPSA) is 38.7 Å². The molecule has 4 atom stereocenters. The second-order valence-corrected chi connectivity index (χ2v) is 6.71. The lowest BCUT2D eigenvalue weighted by atomic mass is 9.69. The van der Waals surface area contributed by atoms with Crippen molar-refractivity contribution in [2.24, 2.45) is 22.7 Å². The number of thioether (sulfide) groups is 1. The minimum atomic E-state index is -0.0934. The van der Waals surface area contributed by atoms with Gasteiger partial charge in [-0.2, -0.15) is 0 Å². The summed E-state index contributed by atoms with van der Waals surface area (Å²) < 4.78 is 5.17. The van der Waals surface area contributed by atoms with Crippen LogP contribution in [-0.4, -0.2) is 35.3 Å². The van der Waals surface area contributed by atoms with Crippen LogP contribution >= 0.6 is 11.8 Å². The normalized spacial score (nSPS) is 39.5. The average Bonchev–Trinajstić information content (AvgIpc) is 2.79. The SMILES string of the molecule is CCOC(=O)C1CSC23C=CC=CC2=NCC(C)C13. The van der Waals surface area contributed by atoms with Crippen molar-refractivity contribution in [1.82, 2.24) is 0 Å². The molecule has 0 bridgehead atoms. The molecule has 3 aliphatic rings. The van der Waals surface area contributed by atoms with Gasteiger partial charge >= 0.3 is 5.97 Å². The highest BCUT2D eigenvalue weighted by atomic mass is 32.2. The number of nitrogens with zero attached hydrogens (tertiary/aromatic N) is 1. The zero-order valence-electron chi connectivity index (χ0n) is 11.3. The summed E-state index contributed by atoms with van der Waals surface area (Å²) in [6, 6.07) is 0. The molecule has 0 radical (unpaired) electrons. The lowest BCUT2D eigenvalue weighted by molar-refractivity contribution is -0.149. The highest BCUT2D eigenvalue weighted by molar-refractivity contribution is 8.02. The number of carbonyl (C=O) groups is 1. The molecule has 3 nitrogen and oxygen atoms in total. The molecule has 19 heavy (non-hydrogen) atoms. The summed E-state index contributed by atoms with van der Waals surface area (Å²) in [5, 5.41) is 0. The van der Waals surface area contributed by atoms with Crippen molar-refractivity contribution in [2.75, 3.05) is 18.9 Å². The lowest BCUT2D eigenvalue weighted by Crippen LogP contribution is -2.48. The van der Waals surface area contributed by atoms with Gasteiger partial charge < -0.3 is 4.74 Å². The molecule has 1 spiro atoms. The number of allylic oxidation sites excluding steroid dienone is 3. The molecule has 1 fully saturated rings. The number of hydrogen-bond acceptors (Lipinski definition) is 4. The van der Waals surface area contributed by atoms with Gasteiger partial charge in [-0.15, -0.1) is 11.8 Å². The van der Waals surface area contributed by atoms with Crippen molar-refractivity contribution in [2.45, 2.75) is 18.6 Å². The number of rotatable bonds is 2. The maximum absolute atomic E-state index is 12.2. The third-order valence-corrected chi connectivity index (χ3v) is 5.91. The first-order chi connectivity index (χ1) is 9.19. The fourth-order valence-corrected chi connectivity index (χ4v) is 5.35. The largest absolute Gasteiger partial charge is 0.466 e. The van der Waals surface area contributed by atoms with Crippen LogP contribution in [0.4, 0.5) is 0 Å². The van der Waals surface area contributed by atoms with Crippen LogP contribution < -0.4 is 0 Å². The molecule has 2 heterocycles. The third-order valence-electron chi connectivity index (χ3n) is 4.29. The van der Waals surface area contributed by atoms with Gasteiger partial charge in [0, 0.05) is 18.2 Å². The van der Waals surface area contributed by atoms with Crippen LogP contribution in [0, 0.1) is 17.8 Å². The molecule has 3 rings (SSSR count). The first kappa shape index (κ1) is 13.0. The number of carbonyl (C=O) groups excluding carboxylic acids is 1. The zero-order valence-corrected chi connectivity index (χ0v) is 12.2. The number of ether oxygens (including phenoxy) is 1. The van der Waals surface area contributed by atoms with Crippen molar-refractivity contribution in [3.05, 3.63) is 24.3 Å². The maximum Gasteiger partial charge on any atom is 0.310 e. The van der Waals surface area contributed by atoms with E-state index in [1.165, 1.54) is 0 Å². The Morgan fingerprint density at radius 1 is 1.58 bits per heavy atom. The Morgan fingerprint density at radius 2 is 2.42 bits per heavy atom. The lowest BCUT2D eigenvalue weighted by Gasteiger charge is -2.41. The van der Waals surface area contributed by atoms with Gasteiger partial charge in [-0.1, -0.05) is 25.2 Å². The van der Waals surface area contributed by atoms with E-state index in [4.69, 9.17) is 9.73 Å². The highest BCUT2D eigenvalue weighted by Crippen LogP contribution is 2.54. The summed E-state index contributed by atoms with van der Waals surface area (Å²) in [6.07, 6.45) is 8.45. The van der Waals surface area contributed by atoms with Crippen molar-refractivity contribution in [3.63, 3.8) is 0 Å². The van der Waals surface area contributed by atoms with Crippen LogP contribution in [0.2, 0.25) is 0 Å². The van der Waals surface area contributed by atoms with Crippen LogP contribution in [0.3, 0.4) is 0 Å². The molecule has 1 saturated heterocycles. The number of esters is 1. The quantitative estimate of drug-likeness (QED) is 0.728. The molecule has 1 aliphatic carbocycles. The van der Waals surface area contributed by atoms with Gasteiger partial charge in [0.2, 0.25) is 0 Å². The van der Waals surface area contributed by atoms with E-state index in [-0.39, 0.29) is 16.6 Å². The summed E-state index contributed by atoms with van der Waals surface area (Å²) in [5.74, 6) is 1.54. The van der Waals surface area contributed by atoms with Crippen molar-refractivity contribution >= 4 is 23.4 Å². The smallest absolute Gasteiger partial charge is 0.310 e. The van der Waals surface area contributed by atoms with E-state index >= 15 is 0 Å². The first-order valence-electron chi connectivity index (χ1n) is 6.90. The molecule has 4 heteroatoms. The summed E-state index contributed by atoms with van der Waals surface area (Å²) in [4.78, 5) is 16.9. The molecule has 102 valence electrons. The highest BCUT2D eigenvalue weighted by Gasteiger charge is 2.56. The number of hydrogen-bond donors (Lipinski definition) is 0. The molecular formula is C15H19NO2S.